The topological polar surface area (TPSA) is 105 Å². The molecular weight excluding hydrogens is 552 g/mol. The van der Waals surface area contributed by atoms with E-state index in [0.29, 0.717) is 12.8 Å². The summed E-state index contributed by atoms with van der Waals surface area (Å²) < 4.78 is 0. The third kappa shape index (κ3) is 30.4. The molecule has 0 bridgehead atoms. The van der Waals surface area contributed by atoms with Gasteiger partial charge in [-0.2, -0.15) is 4.94 Å². The first-order valence-electron chi connectivity index (χ1n) is 19.0. The predicted octanol–water partition coefficient (Wildman–Crippen LogP) is 10.9. The number of hydroxylamine groups is 2. The van der Waals surface area contributed by atoms with Crippen LogP contribution in [0.3, 0.4) is 0 Å². The summed E-state index contributed by atoms with van der Waals surface area (Å²) in [6, 6.07) is 0. The van der Waals surface area contributed by atoms with E-state index in [2.05, 4.69) is 24.8 Å². The molecule has 0 heterocycles. The number of carbonyl (C=O) groups is 3. The Hall–Kier alpha value is -1.63. The number of amides is 2. The molecule has 1 unspecified atom stereocenters. The Morgan fingerprint density at radius 3 is 1.14 bits per heavy atom. The van der Waals surface area contributed by atoms with Gasteiger partial charge in [0.05, 0.1) is 0 Å². The van der Waals surface area contributed by atoms with Gasteiger partial charge in [-0.15, -0.1) is 0 Å². The van der Waals surface area contributed by atoms with Crippen LogP contribution in [-0.2, 0) is 19.3 Å². The van der Waals surface area contributed by atoms with Crippen LogP contribution >= 0.6 is 0 Å². The number of carboxylic acids is 1. The van der Waals surface area contributed by atoms with Gasteiger partial charge in [0.25, 0.3) is 5.91 Å². The number of hydrogen-bond acceptors (Lipinski definition) is 4. The summed E-state index contributed by atoms with van der Waals surface area (Å²) in [5.74, 6) is -3.36. The number of nitrogens with one attached hydrogen (secondary N) is 2. The number of hydrogen-bond donors (Lipinski definition) is 3. The lowest BCUT2D eigenvalue weighted by Crippen LogP contribution is -2.40. The number of unbranched alkanes of at least 4 members (excludes halogenated alkanes) is 27. The molecule has 0 saturated carbocycles. The highest BCUT2D eigenvalue weighted by Crippen LogP contribution is 2.16. The lowest BCUT2D eigenvalue weighted by atomic mass is 9.99. The third-order valence-corrected chi connectivity index (χ3v) is 8.78. The second-order valence-corrected chi connectivity index (χ2v) is 13.1. The maximum atomic E-state index is 12.3. The fourth-order valence-electron chi connectivity index (χ4n) is 5.82. The van der Waals surface area contributed by atoms with Gasteiger partial charge in [0, 0.05) is 6.42 Å². The maximum absolute atomic E-state index is 12.3. The van der Waals surface area contributed by atoms with Crippen molar-refractivity contribution >= 4 is 17.8 Å². The van der Waals surface area contributed by atoms with Crippen molar-refractivity contribution < 1.29 is 24.4 Å². The molecule has 0 aromatic heterocycles. The van der Waals surface area contributed by atoms with Crippen molar-refractivity contribution in [3.63, 3.8) is 0 Å². The first-order chi connectivity index (χ1) is 21.5. The smallest absolute Gasteiger partial charge is 0.316 e. The first-order valence-corrected chi connectivity index (χ1v) is 19.0. The van der Waals surface area contributed by atoms with E-state index in [0.717, 1.165) is 38.5 Å². The molecule has 0 aliphatic heterocycles. The Bertz CT molecular complexity index is 658. The number of aliphatic carboxylic acids is 1. The average Bonchev–Trinajstić information content (AvgIpc) is 3.00. The lowest BCUT2D eigenvalue weighted by molar-refractivity contribution is -0.159. The molecule has 0 radical (unpaired) electrons. The fraction of sp³-hybridized carbons (Fsp3) is 0.919. The summed E-state index contributed by atoms with van der Waals surface area (Å²) >= 11 is 0. The highest BCUT2D eigenvalue weighted by molar-refractivity contribution is 5.96. The maximum Gasteiger partial charge on any atom is 0.316 e. The molecule has 0 aliphatic carbocycles. The van der Waals surface area contributed by atoms with Crippen LogP contribution in [0.5, 0.6) is 0 Å². The predicted molar refractivity (Wildman–Crippen MR) is 183 cm³/mol. The summed E-state index contributed by atoms with van der Waals surface area (Å²) in [5.41, 5.74) is 4.31. The zero-order chi connectivity index (χ0) is 32.4. The molecule has 0 saturated heterocycles. The van der Waals surface area contributed by atoms with Gasteiger partial charge < -0.3 is 5.11 Å². The van der Waals surface area contributed by atoms with Crippen LogP contribution in [0, 0.1) is 5.92 Å². The van der Waals surface area contributed by atoms with Gasteiger partial charge in [-0.25, -0.2) is 11.0 Å². The summed E-state index contributed by atoms with van der Waals surface area (Å²) in [6.45, 7) is 4.51. The van der Waals surface area contributed by atoms with E-state index in [1.807, 2.05) is 0 Å². The van der Waals surface area contributed by atoms with Gasteiger partial charge in [-0.3, -0.25) is 14.4 Å². The van der Waals surface area contributed by atoms with Crippen molar-refractivity contribution in [1.82, 2.24) is 11.0 Å². The Balaban J connectivity index is 3.61. The van der Waals surface area contributed by atoms with Crippen molar-refractivity contribution in [2.24, 2.45) is 5.92 Å². The zero-order valence-corrected chi connectivity index (χ0v) is 29.1. The summed E-state index contributed by atoms with van der Waals surface area (Å²) in [4.78, 5) is 40.6. The Morgan fingerprint density at radius 1 is 0.477 bits per heavy atom. The lowest BCUT2D eigenvalue weighted by Gasteiger charge is -2.12. The van der Waals surface area contributed by atoms with E-state index in [9.17, 15) is 19.5 Å². The molecule has 44 heavy (non-hydrogen) atoms. The fourth-order valence-corrected chi connectivity index (χ4v) is 5.82. The molecule has 3 N–H and O–H groups in total. The van der Waals surface area contributed by atoms with E-state index in [4.69, 9.17) is 4.94 Å². The average molecular weight is 625 g/mol. The summed E-state index contributed by atoms with van der Waals surface area (Å²) in [5, 5.41) is 9.45. The van der Waals surface area contributed by atoms with Gasteiger partial charge in [0.15, 0.2) is 0 Å². The zero-order valence-electron chi connectivity index (χ0n) is 29.1. The van der Waals surface area contributed by atoms with Gasteiger partial charge in [0.2, 0.25) is 5.91 Å². The SMILES string of the molecule is CCCCCCCCCCCCCCCCCC(=O)NONC(=O)C(CCCCCCCCCCCCCCCC)C(=O)O. The van der Waals surface area contributed by atoms with Gasteiger partial charge >= 0.3 is 5.97 Å². The van der Waals surface area contributed by atoms with Gasteiger partial charge in [-0.1, -0.05) is 194 Å². The first kappa shape index (κ1) is 42.4. The minimum absolute atomic E-state index is 0.273. The van der Waals surface area contributed by atoms with Crippen molar-refractivity contribution in [3.8, 4) is 0 Å². The van der Waals surface area contributed by atoms with E-state index < -0.39 is 17.8 Å². The molecule has 0 spiro atoms. The highest BCUT2D eigenvalue weighted by Gasteiger charge is 2.26. The van der Waals surface area contributed by atoms with Crippen molar-refractivity contribution in [2.45, 2.75) is 213 Å². The van der Waals surface area contributed by atoms with Crippen molar-refractivity contribution in [1.29, 1.82) is 0 Å². The van der Waals surface area contributed by atoms with Gasteiger partial charge in [-0.05, 0) is 12.8 Å². The van der Waals surface area contributed by atoms with E-state index in [-0.39, 0.29) is 12.3 Å². The normalized spacial score (nSPS) is 11.9. The van der Waals surface area contributed by atoms with E-state index in [1.165, 1.54) is 141 Å². The monoisotopic (exact) mass is 625 g/mol. The molecule has 1 atom stereocenters. The molecule has 0 rings (SSSR count). The molecule has 2 amide bonds. The second kappa shape index (κ2) is 34.2. The Labute approximate surface area is 271 Å². The summed E-state index contributed by atoms with van der Waals surface area (Å²) in [7, 11) is 0. The van der Waals surface area contributed by atoms with E-state index >= 15 is 0 Å². The van der Waals surface area contributed by atoms with Crippen LogP contribution in [0.25, 0.3) is 0 Å². The minimum Gasteiger partial charge on any atom is -0.481 e. The van der Waals surface area contributed by atoms with Crippen LogP contribution in [0.4, 0.5) is 0 Å². The van der Waals surface area contributed by atoms with Gasteiger partial charge in [0.1, 0.15) is 5.92 Å². The molecule has 0 aromatic carbocycles. The van der Waals surface area contributed by atoms with Crippen molar-refractivity contribution in [3.05, 3.63) is 0 Å². The molecule has 7 heteroatoms. The molecular formula is C37H72N2O5. The summed E-state index contributed by atoms with van der Waals surface area (Å²) in [6.07, 6.45) is 36.8. The number of carboxylic acid groups (broad SMARTS) is 1. The molecule has 0 aromatic rings. The minimum atomic E-state index is -1.17. The Morgan fingerprint density at radius 2 is 0.795 bits per heavy atom. The molecule has 0 aliphatic rings. The van der Waals surface area contributed by atoms with E-state index in [1.54, 1.807) is 0 Å². The number of carbonyl (C=O) groups excluding carboxylic acids is 2. The number of rotatable bonds is 35. The third-order valence-electron chi connectivity index (χ3n) is 8.78. The standard InChI is InChI=1S/C37H72N2O5/c1-3-5-7-9-11-13-15-17-19-21-23-25-27-29-31-33-35(40)38-44-39-36(41)34(37(42)43)32-30-28-26-24-22-20-18-16-14-12-10-8-6-4-2/h34H,3-33H2,1-2H3,(H,38,40)(H,39,41)(H,42,43). The quantitative estimate of drug-likeness (QED) is 0.0369. The van der Waals surface area contributed by atoms with Crippen molar-refractivity contribution in [2.75, 3.05) is 0 Å². The van der Waals surface area contributed by atoms with Crippen LogP contribution in [0.2, 0.25) is 0 Å². The largest absolute Gasteiger partial charge is 0.481 e. The highest BCUT2D eigenvalue weighted by atomic mass is 16.8. The van der Waals surface area contributed by atoms with Crippen LogP contribution in [0.15, 0.2) is 0 Å². The Kier molecular flexibility index (Phi) is 33.0. The van der Waals surface area contributed by atoms with Crippen LogP contribution < -0.4 is 11.0 Å². The van der Waals surface area contributed by atoms with Crippen LogP contribution in [0.1, 0.15) is 213 Å². The second-order valence-electron chi connectivity index (χ2n) is 13.1. The molecule has 0 fully saturated rings. The van der Waals surface area contributed by atoms with Crippen LogP contribution in [-0.4, -0.2) is 22.9 Å². The molecule has 7 nitrogen and oxygen atoms in total. The molecule has 260 valence electrons.